The van der Waals surface area contributed by atoms with Gasteiger partial charge < -0.3 is 15.7 Å². The summed E-state index contributed by atoms with van der Waals surface area (Å²) < 4.78 is 0. The molecule has 1 aliphatic heterocycles. The third-order valence-corrected chi connectivity index (χ3v) is 6.12. The predicted octanol–water partition coefficient (Wildman–Crippen LogP) is 2.82. The van der Waals surface area contributed by atoms with Gasteiger partial charge in [-0.25, -0.2) is 4.99 Å². The molecule has 0 unspecified atom stereocenters. The number of fused-ring (bicyclic) bond motifs is 1. The molecule has 2 aromatic carbocycles. The van der Waals surface area contributed by atoms with Gasteiger partial charge in [0.1, 0.15) is 17.3 Å². The van der Waals surface area contributed by atoms with E-state index in [1.807, 2.05) is 24.3 Å². The minimum absolute atomic E-state index is 0.0626. The van der Waals surface area contributed by atoms with Crippen molar-refractivity contribution in [2.45, 2.75) is 20.3 Å². The highest BCUT2D eigenvalue weighted by atomic mass is 16.3. The van der Waals surface area contributed by atoms with Gasteiger partial charge in [0.25, 0.3) is 0 Å². The molecule has 8 heteroatoms. The highest BCUT2D eigenvalue weighted by molar-refractivity contribution is 6.11. The maximum atomic E-state index is 9.78. The van der Waals surface area contributed by atoms with Crippen molar-refractivity contribution in [3.63, 3.8) is 0 Å². The number of aromatic amines is 1. The van der Waals surface area contributed by atoms with Crippen LogP contribution in [0.2, 0.25) is 0 Å². The number of aromatic hydroxyl groups is 1. The lowest BCUT2D eigenvalue weighted by Gasteiger charge is -2.33. The van der Waals surface area contributed by atoms with Crippen LogP contribution in [-0.4, -0.2) is 76.0 Å². The molecule has 8 nitrogen and oxygen atoms in total. The summed E-state index contributed by atoms with van der Waals surface area (Å²) in [4.78, 5) is 9.02. The number of aromatic nitrogens is 2. The molecular weight excluding hydrogens is 402 g/mol. The van der Waals surface area contributed by atoms with Gasteiger partial charge in [-0.05, 0) is 53.9 Å². The molecule has 0 bridgehead atoms. The molecule has 2 heterocycles. The predicted molar refractivity (Wildman–Crippen MR) is 130 cm³/mol. The van der Waals surface area contributed by atoms with Crippen molar-refractivity contribution in [2.75, 3.05) is 39.3 Å². The number of hydrogen-bond donors (Lipinski definition) is 4. The van der Waals surface area contributed by atoms with Crippen molar-refractivity contribution in [1.82, 2.24) is 20.0 Å². The van der Waals surface area contributed by atoms with Crippen molar-refractivity contribution >= 4 is 22.6 Å². The number of phenolic OH excluding ortho intramolecular Hbond substituents is 1. The number of aryl methyl sites for hydroxylation is 1. The molecule has 0 atom stereocenters. The Labute approximate surface area is 188 Å². The van der Waals surface area contributed by atoms with Crippen molar-refractivity contribution in [2.24, 2.45) is 10.7 Å². The quantitative estimate of drug-likeness (QED) is 0.352. The summed E-state index contributed by atoms with van der Waals surface area (Å²) in [5.74, 6) is 0.767. The van der Waals surface area contributed by atoms with Crippen LogP contribution in [0.5, 0.6) is 5.75 Å². The molecule has 0 aliphatic carbocycles. The molecule has 3 aromatic rings. The van der Waals surface area contributed by atoms with E-state index in [1.165, 1.54) is 0 Å². The standard InChI is InChI=1S/C24H31N7O/c1-3-16-13-18(32)6-8-19(16)17-5-7-20-21(14-17)28-29-23(20)24(26)27-22(25)15-31-11-9-30(4-2)10-12-31/h5-8,13-14,32H,3-4,9-12,15H2,1-2H3,(H,28,29)(H3,25,26,27). The summed E-state index contributed by atoms with van der Waals surface area (Å²) in [5.41, 5.74) is 10.7. The first kappa shape index (κ1) is 22.0. The van der Waals surface area contributed by atoms with Gasteiger partial charge in [0.05, 0.1) is 12.1 Å². The van der Waals surface area contributed by atoms with E-state index in [2.05, 4.69) is 38.8 Å². The van der Waals surface area contributed by atoms with Crippen LogP contribution in [0.3, 0.4) is 0 Å². The number of likely N-dealkylation sites (N-methyl/N-ethyl adjacent to an activating group) is 1. The molecule has 4 rings (SSSR count). The zero-order chi connectivity index (χ0) is 22.7. The van der Waals surface area contributed by atoms with Crippen LogP contribution in [-0.2, 0) is 6.42 Å². The van der Waals surface area contributed by atoms with Gasteiger partial charge in [-0.2, -0.15) is 5.10 Å². The Morgan fingerprint density at radius 1 is 1.12 bits per heavy atom. The summed E-state index contributed by atoms with van der Waals surface area (Å²) >= 11 is 0. The molecule has 5 N–H and O–H groups in total. The smallest absolute Gasteiger partial charge is 0.175 e. The Hall–Kier alpha value is -3.23. The van der Waals surface area contributed by atoms with Gasteiger partial charge in [-0.1, -0.05) is 26.0 Å². The minimum atomic E-state index is 0.0626. The molecule has 0 saturated carbocycles. The number of hydrogen-bond acceptors (Lipinski definition) is 5. The van der Waals surface area contributed by atoms with Crippen molar-refractivity contribution in [1.29, 1.82) is 5.41 Å². The van der Waals surface area contributed by atoms with Crippen molar-refractivity contribution in [3.8, 4) is 16.9 Å². The number of phenols is 1. The Bertz CT molecular complexity index is 1140. The number of rotatable bonds is 6. The fourth-order valence-corrected chi connectivity index (χ4v) is 4.25. The number of aliphatic imine (C=N–C) groups is 1. The number of piperazine rings is 1. The molecule has 0 radical (unpaired) electrons. The first-order valence-electron chi connectivity index (χ1n) is 11.2. The van der Waals surface area contributed by atoms with E-state index in [4.69, 9.17) is 11.1 Å². The topological polar surface area (TPSA) is 118 Å². The number of nitrogens with two attached hydrogens (primary N) is 1. The molecule has 1 fully saturated rings. The van der Waals surface area contributed by atoms with Gasteiger partial charge in [0.15, 0.2) is 5.84 Å². The average Bonchev–Trinajstić information content (AvgIpc) is 3.22. The lowest BCUT2D eigenvalue weighted by atomic mass is 9.97. The van der Waals surface area contributed by atoms with E-state index in [1.54, 1.807) is 12.1 Å². The van der Waals surface area contributed by atoms with Gasteiger partial charge in [-0.3, -0.25) is 15.4 Å². The third-order valence-electron chi connectivity index (χ3n) is 6.12. The number of amidine groups is 2. The fourth-order valence-electron chi connectivity index (χ4n) is 4.25. The largest absolute Gasteiger partial charge is 0.508 e. The molecule has 1 aromatic heterocycles. The van der Waals surface area contributed by atoms with E-state index < -0.39 is 0 Å². The van der Waals surface area contributed by atoms with Crippen LogP contribution < -0.4 is 5.73 Å². The van der Waals surface area contributed by atoms with Crippen LogP contribution >= 0.6 is 0 Å². The maximum Gasteiger partial charge on any atom is 0.175 e. The lowest BCUT2D eigenvalue weighted by Crippen LogP contribution is -2.48. The minimum Gasteiger partial charge on any atom is -0.508 e. The van der Waals surface area contributed by atoms with Gasteiger partial charge in [0, 0.05) is 31.6 Å². The van der Waals surface area contributed by atoms with Crippen LogP contribution in [0.15, 0.2) is 41.4 Å². The monoisotopic (exact) mass is 433 g/mol. The number of benzene rings is 2. The third kappa shape index (κ3) is 4.66. The molecular formula is C24H31N7O. The van der Waals surface area contributed by atoms with Gasteiger partial charge >= 0.3 is 0 Å². The number of H-pyrrole nitrogens is 1. The van der Waals surface area contributed by atoms with Crippen molar-refractivity contribution in [3.05, 3.63) is 47.7 Å². The molecule has 168 valence electrons. The zero-order valence-electron chi connectivity index (χ0n) is 18.7. The Kier molecular flexibility index (Phi) is 6.53. The number of nitrogens with zero attached hydrogens (tertiary/aromatic N) is 4. The van der Waals surface area contributed by atoms with E-state index in [-0.39, 0.29) is 11.6 Å². The summed E-state index contributed by atoms with van der Waals surface area (Å²) in [6.07, 6.45) is 0.822. The first-order chi connectivity index (χ1) is 15.5. The summed E-state index contributed by atoms with van der Waals surface area (Å²) in [6, 6.07) is 11.4. The highest BCUT2D eigenvalue weighted by Gasteiger charge is 2.17. The average molecular weight is 434 g/mol. The summed E-state index contributed by atoms with van der Waals surface area (Å²) in [7, 11) is 0. The fraction of sp³-hybridized carbons (Fsp3) is 0.375. The summed E-state index contributed by atoms with van der Waals surface area (Å²) in [5, 5.41) is 26.4. The molecule has 1 aliphatic rings. The van der Waals surface area contributed by atoms with Crippen molar-refractivity contribution < 1.29 is 5.11 Å². The van der Waals surface area contributed by atoms with Crippen LogP contribution in [0, 0.1) is 5.41 Å². The molecule has 1 saturated heterocycles. The second-order valence-corrected chi connectivity index (χ2v) is 8.19. The Balaban J connectivity index is 1.51. The normalized spacial score (nSPS) is 16.0. The van der Waals surface area contributed by atoms with Gasteiger partial charge in [-0.15, -0.1) is 0 Å². The van der Waals surface area contributed by atoms with Crippen LogP contribution in [0.1, 0.15) is 25.1 Å². The number of nitrogens with one attached hydrogen (secondary N) is 2. The van der Waals surface area contributed by atoms with E-state index >= 15 is 0 Å². The second kappa shape index (κ2) is 9.50. The summed E-state index contributed by atoms with van der Waals surface area (Å²) in [6.45, 7) is 9.87. The first-order valence-corrected chi connectivity index (χ1v) is 11.2. The van der Waals surface area contributed by atoms with E-state index in [0.717, 1.165) is 66.7 Å². The lowest BCUT2D eigenvalue weighted by molar-refractivity contribution is 0.151. The molecule has 32 heavy (non-hydrogen) atoms. The maximum absolute atomic E-state index is 9.78. The second-order valence-electron chi connectivity index (χ2n) is 8.19. The Morgan fingerprint density at radius 2 is 1.88 bits per heavy atom. The van der Waals surface area contributed by atoms with Crippen LogP contribution in [0.4, 0.5) is 0 Å². The SMILES string of the molecule is CCc1cc(O)ccc1-c1ccc2c(C(=N)N=C(N)CN3CCN(CC)CC3)n[nH]c2c1. The zero-order valence-corrected chi connectivity index (χ0v) is 18.7. The molecule has 0 spiro atoms. The van der Waals surface area contributed by atoms with Gasteiger partial charge in [0.2, 0.25) is 0 Å². The highest BCUT2D eigenvalue weighted by Crippen LogP contribution is 2.30. The Morgan fingerprint density at radius 3 is 2.59 bits per heavy atom. The van der Waals surface area contributed by atoms with E-state index in [0.29, 0.717) is 18.1 Å². The van der Waals surface area contributed by atoms with Crippen LogP contribution in [0.25, 0.3) is 22.0 Å². The molecule has 0 amide bonds. The van der Waals surface area contributed by atoms with E-state index in [9.17, 15) is 5.11 Å².